The van der Waals surface area contributed by atoms with E-state index in [-0.39, 0.29) is 0 Å². The lowest BCUT2D eigenvalue weighted by Crippen LogP contribution is -2.22. The molecule has 0 amide bonds. The Labute approximate surface area is 108 Å². The molecule has 1 saturated heterocycles. The van der Waals surface area contributed by atoms with E-state index in [1.807, 2.05) is 19.2 Å². The molecule has 1 aromatic carbocycles. The zero-order chi connectivity index (χ0) is 12.1. The third-order valence-electron chi connectivity index (χ3n) is 3.37. The minimum Gasteiger partial charge on any atom is -0.378 e. The number of hydrogen-bond acceptors (Lipinski definition) is 2. The van der Waals surface area contributed by atoms with E-state index >= 15 is 0 Å². The number of rotatable bonds is 5. The molecule has 2 unspecified atom stereocenters. The Hall–Kier alpha value is -0.570. The molecule has 1 aliphatic heterocycles. The van der Waals surface area contributed by atoms with E-state index in [4.69, 9.17) is 16.3 Å². The highest BCUT2D eigenvalue weighted by Crippen LogP contribution is 2.30. The first kappa shape index (κ1) is 12.9. The molecule has 2 rings (SSSR count). The molecule has 3 heteroatoms. The summed E-state index contributed by atoms with van der Waals surface area (Å²) in [5, 5.41) is 4.12. The van der Waals surface area contributed by atoms with Gasteiger partial charge in [0.1, 0.15) is 0 Å². The summed E-state index contributed by atoms with van der Waals surface area (Å²) in [5.41, 5.74) is 1.24. The fraction of sp³-hybridized carbons (Fsp3) is 0.571. The number of benzene rings is 1. The van der Waals surface area contributed by atoms with Crippen LogP contribution in [0.1, 0.15) is 30.7 Å². The van der Waals surface area contributed by atoms with Crippen molar-refractivity contribution >= 4 is 11.6 Å². The molecule has 1 heterocycles. The van der Waals surface area contributed by atoms with Crippen LogP contribution in [-0.4, -0.2) is 26.3 Å². The second kappa shape index (κ2) is 6.39. The molecule has 1 fully saturated rings. The average Bonchev–Trinajstić information content (AvgIpc) is 2.82. The van der Waals surface area contributed by atoms with Gasteiger partial charge in [-0.3, -0.25) is 0 Å². The molecule has 0 saturated carbocycles. The van der Waals surface area contributed by atoms with Gasteiger partial charge < -0.3 is 10.1 Å². The summed E-state index contributed by atoms with van der Waals surface area (Å²) in [6, 6.07) is 8.13. The highest BCUT2D eigenvalue weighted by atomic mass is 35.5. The fourth-order valence-corrected chi connectivity index (χ4v) is 2.81. The summed E-state index contributed by atoms with van der Waals surface area (Å²) >= 11 is 6.27. The van der Waals surface area contributed by atoms with Gasteiger partial charge in [-0.1, -0.05) is 29.8 Å². The van der Waals surface area contributed by atoms with E-state index in [0.717, 1.165) is 24.6 Å². The maximum absolute atomic E-state index is 6.27. The van der Waals surface area contributed by atoms with Gasteiger partial charge in [0.25, 0.3) is 0 Å². The van der Waals surface area contributed by atoms with E-state index in [2.05, 4.69) is 17.4 Å². The van der Waals surface area contributed by atoms with Gasteiger partial charge in [0.05, 0.1) is 6.10 Å². The first-order chi connectivity index (χ1) is 8.31. The van der Waals surface area contributed by atoms with Crippen LogP contribution in [-0.2, 0) is 4.74 Å². The van der Waals surface area contributed by atoms with Crippen LogP contribution in [0.3, 0.4) is 0 Å². The van der Waals surface area contributed by atoms with Gasteiger partial charge in [0, 0.05) is 24.1 Å². The Bertz CT molecular complexity index is 350. The van der Waals surface area contributed by atoms with Crippen LogP contribution in [0.25, 0.3) is 0 Å². The van der Waals surface area contributed by atoms with Gasteiger partial charge in [0.15, 0.2) is 0 Å². The summed E-state index contributed by atoms with van der Waals surface area (Å²) in [6.07, 6.45) is 3.85. The first-order valence-electron chi connectivity index (χ1n) is 6.32. The van der Waals surface area contributed by atoms with Crippen LogP contribution in [0.5, 0.6) is 0 Å². The molecule has 0 aliphatic carbocycles. The van der Waals surface area contributed by atoms with Crippen LogP contribution in [0.2, 0.25) is 5.02 Å². The Balaban J connectivity index is 2.08. The van der Waals surface area contributed by atoms with Gasteiger partial charge in [0.2, 0.25) is 0 Å². The molecule has 2 atom stereocenters. The maximum atomic E-state index is 6.27. The second-order valence-corrected chi connectivity index (χ2v) is 5.05. The zero-order valence-electron chi connectivity index (χ0n) is 10.3. The molecule has 0 spiro atoms. The highest BCUT2D eigenvalue weighted by molar-refractivity contribution is 6.31. The Morgan fingerprint density at radius 3 is 2.94 bits per heavy atom. The molecular weight excluding hydrogens is 234 g/mol. The number of likely N-dealkylation sites (N-methyl/N-ethyl adjacent to an activating group) is 1. The van der Waals surface area contributed by atoms with Crippen molar-refractivity contribution < 1.29 is 4.74 Å². The molecule has 1 aliphatic rings. The molecule has 17 heavy (non-hydrogen) atoms. The van der Waals surface area contributed by atoms with Crippen molar-refractivity contribution in [3.63, 3.8) is 0 Å². The maximum Gasteiger partial charge on any atom is 0.0582 e. The first-order valence-corrected chi connectivity index (χ1v) is 6.69. The Morgan fingerprint density at radius 1 is 1.47 bits per heavy atom. The fourth-order valence-electron chi connectivity index (χ4n) is 2.52. The summed E-state index contributed by atoms with van der Waals surface area (Å²) < 4.78 is 5.72. The highest BCUT2D eigenvalue weighted by Gasteiger charge is 2.22. The lowest BCUT2D eigenvalue weighted by Gasteiger charge is -2.21. The topological polar surface area (TPSA) is 21.3 Å². The van der Waals surface area contributed by atoms with Crippen LogP contribution in [0.4, 0.5) is 0 Å². The zero-order valence-corrected chi connectivity index (χ0v) is 11.0. The largest absolute Gasteiger partial charge is 0.378 e. The summed E-state index contributed by atoms with van der Waals surface area (Å²) in [7, 11) is 1.99. The monoisotopic (exact) mass is 253 g/mol. The number of nitrogens with one attached hydrogen (secondary N) is 1. The third-order valence-corrected chi connectivity index (χ3v) is 3.71. The molecule has 0 aromatic heterocycles. The lowest BCUT2D eigenvalue weighted by molar-refractivity contribution is 0.0978. The third kappa shape index (κ3) is 3.44. The predicted molar refractivity (Wildman–Crippen MR) is 71.7 cm³/mol. The summed E-state index contributed by atoms with van der Waals surface area (Å²) in [6.45, 7) is 1.86. The van der Waals surface area contributed by atoms with Crippen molar-refractivity contribution in [3.05, 3.63) is 34.9 Å². The molecule has 1 aromatic rings. The van der Waals surface area contributed by atoms with Crippen LogP contribution in [0, 0.1) is 0 Å². The molecular formula is C14H20ClNO. The van der Waals surface area contributed by atoms with Gasteiger partial charge >= 0.3 is 0 Å². The minimum atomic E-state index is 0.407. The Morgan fingerprint density at radius 2 is 2.29 bits per heavy atom. The van der Waals surface area contributed by atoms with Gasteiger partial charge in [-0.2, -0.15) is 0 Å². The standard InChI is InChI=1S/C14H20ClNO/c1-16-10-11(9-12-5-4-8-17-12)13-6-2-3-7-14(13)15/h2-3,6-7,11-12,16H,4-5,8-10H2,1H3. The second-order valence-electron chi connectivity index (χ2n) is 4.65. The molecule has 0 radical (unpaired) electrons. The van der Waals surface area contributed by atoms with Gasteiger partial charge in [-0.15, -0.1) is 0 Å². The van der Waals surface area contributed by atoms with Gasteiger partial charge in [-0.25, -0.2) is 0 Å². The van der Waals surface area contributed by atoms with Crippen molar-refractivity contribution in [1.29, 1.82) is 0 Å². The van der Waals surface area contributed by atoms with E-state index < -0.39 is 0 Å². The van der Waals surface area contributed by atoms with Gasteiger partial charge in [-0.05, 0) is 37.9 Å². The quantitative estimate of drug-likeness (QED) is 0.870. The van der Waals surface area contributed by atoms with Crippen molar-refractivity contribution in [2.45, 2.75) is 31.3 Å². The van der Waals surface area contributed by atoms with Crippen molar-refractivity contribution in [2.24, 2.45) is 0 Å². The summed E-state index contributed by atoms with van der Waals surface area (Å²) in [4.78, 5) is 0. The van der Waals surface area contributed by atoms with E-state index in [9.17, 15) is 0 Å². The number of ether oxygens (including phenoxy) is 1. The SMILES string of the molecule is CNCC(CC1CCCO1)c1ccccc1Cl. The molecule has 0 bridgehead atoms. The number of halogens is 1. The van der Waals surface area contributed by atoms with E-state index in [1.54, 1.807) is 0 Å². The predicted octanol–water partition coefficient (Wildman–Crippen LogP) is 3.21. The number of hydrogen-bond donors (Lipinski definition) is 1. The molecule has 2 nitrogen and oxygen atoms in total. The molecule has 94 valence electrons. The van der Waals surface area contributed by atoms with Crippen molar-refractivity contribution in [3.8, 4) is 0 Å². The molecule has 1 N–H and O–H groups in total. The smallest absolute Gasteiger partial charge is 0.0582 e. The van der Waals surface area contributed by atoms with Crippen LogP contribution in [0.15, 0.2) is 24.3 Å². The Kier molecular flexibility index (Phi) is 4.84. The summed E-state index contributed by atoms with van der Waals surface area (Å²) in [5.74, 6) is 0.441. The van der Waals surface area contributed by atoms with Crippen molar-refractivity contribution in [1.82, 2.24) is 5.32 Å². The van der Waals surface area contributed by atoms with E-state index in [0.29, 0.717) is 12.0 Å². The van der Waals surface area contributed by atoms with Crippen LogP contribution < -0.4 is 5.32 Å². The minimum absolute atomic E-state index is 0.407. The van der Waals surface area contributed by atoms with Crippen LogP contribution >= 0.6 is 11.6 Å². The van der Waals surface area contributed by atoms with Crippen molar-refractivity contribution in [2.75, 3.05) is 20.2 Å². The van der Waals surface area contributed by atoms with E-state index in [1.165, 1.54) is 18.4 Å². The lowest BCUT2D eigenvalue weighted by atomic mass is 9.92. The average molecular weight is 254 g/mol. The normalized spacial score (nSPS) is 21.6.